The summed E-state index contributed by atoms with van der Waals surface area (Å²) in [7, 11) is 1.64. The van der Waals surface area contributed by atoms with Crippen molar-refractivity contribution in [3.8, 4) is 0 Å². The van der Waals surface area contributed by atoms with Gasteiger partial charge in [0.05, 0.1) is 24.8 Å². The van der Waals surface area contributed by atoms with Crippen LogP contribution in [0.5, 0.6) is 0 Å². The van der Waals surface area contributed by atoms with Crippen molar-refractivity contribution >= 4 is 22.9 Å². The Balaban J connectivity index is 2.06. The summed E-state index contributed by atoms with van der Waals surface area (Å²) >= 11 is 7.35. The Morgan fingerprint density at radius 3 is 3.00 bits per heavy atom. The third-order valence-electron chi connectivity index (χ3n) is 1.36. The summed E-state index contributed by atoms with van der Waals surface area (Å²) < 4.78 is 4.81. The van der Waals surface area contributed by atoms with Gasteiger partial charge in [-0.15, -0.1) is 11.3 Å². The second kappa shape index (κ2) is 6.34. The molecule has 0 spiro atoms. The fourth-order valence-corrected chi connectivity index (χ4v) is 1.77. The van der Waals surface area contributed by atoms with Crippen molar-refractivity contribution in [3.63, 3.8) is 0 Å². The maximum absolute atomic E-state index is 5.74. The molecule has 1 N–H and O–H groups in total. The second-order valence-corrected chi connectivity index (χ2v) is 3.83. The van der Waals surface area contributed by atoms with Gasteiger partial charge in [-0.3, -0.25) is 4.84 Å². The van der Waals surface area contributed by atoms with E-state index in [1.807, 2.05) is 11.4 Å². The van der Waals surface area contributed by atoms with Gasteiger partial charge in [-0.05, 0) is 6.07 Å². The predicted molar refractivity (Wildman–Crippen MR) is 54.0 cm³/mol. The molecule has 0 aliphatic carbocycles. The van der Waals surface area contributed by atoms with Crippen LogP contribution in [0.1, 0.15) is 4.88 Å². The van der Waals surface area contributed by atoms with E-state index in [9.17, 15) is 0 Å². The maximum Gasteiger partial charge on any atom is 0.0916 e. The normalized spacial score (nSPS) is 10.6. The van der Waals surface area contributed by atoms with Crippen LogP contribution in [0, 0.1) is 0 Å². The number of halogens is 1. The largest absolute Gasteiger partial charge is 0.382 e. The quantitative estimate of drug-likeness (QED) is 0.589. The lowest BCUT2D eigenvalue weighted by molar-refractivity contribution is 0.00387. The van der Waals surface area contributed by atoms with E-state index < -0.39 is 0 Å². The van der Waals surface area contributed by atoms with Gasteiger partial charge in [0.25, 0.3) is 0 Å². The molecule has 13 heavy (non-hydrogen) atoms. The fraction of sp³-hybridized carbons (Fsp3) is 0.500. The number of nitrogens with one attached hydrogen (secondary N) is 1. The molecule has 0 bridgehead atoms. The van der Waals surface area contributed by atoms with Gasteiger partial charge in [0.1, 0.15) is 0 Å². The van der Waals surface area contributed by atoms with E-state index in [4.69, 9.17) is 21.2 Å². The molecule has 1 heterocycles. The predicted octanol–water partition coefficient (Wildman–Crippen LogP) is 2.07. The van der Waals surface area contributed by atoms with Crippen LogP contribution in [0.4, 0.5) is 0 Å². The smallest absolute Gasteiger partial charge is 0.0916 e. The minimum atomic E-state index is 0.551. The SMILES string of the molecule is COCCONCc1cc(Cl)cs1. The van der Waals surface area contributed by atoms with Crippen LogP contribution in [0.2, 0.25) is 5.02 Å². The molecule has 0 unspecified atom stereocenters. The van der Waals surface area contributed by atoms with Gasteiger partial charge >= 0.3 is 0 Å². The Hall–Kier alpha value is -0.130. The first-order chi connectivity index (χ1) is 6.33. The molecule has 1 aromatic rings. The number of hydroxylamine groups is 1. The summed E-state index contributed by atoms with van der Waals surface area (Å²) in [5.74, 6) is 0. The second-order valence-electron chi connectivity index (χ2n) is 2.39. The van der Waals surface area contributed by atoms with Crippen molar-refractivity contribution in [2.45, 2.75) is 6.54 Å². The van der Waals surface area contributed by atoms with Crippen LogP contribution in [-0.4, -0.2) is 20.3 Å². The fourth-order valence-electron chi connectivity index (χ4n) is 0.766. The van der Waals surface area contributed by atoms with Crippen LogP contribution in [-0.2, 0) is 16.1 Å². The molecule has 0 aliphatic rings. The van der Waals surface area contributed by atoms with Crippen molar-refractivity contribution in [1.82, 2.24) is 5.48 Å². The average molecular weight is 222 g/mol. The molecule has 1 rings (SSSR count). The molecule has 0 aliphatic heterocycles. The first-order valence-electron chi connectivity index (χ1n) is 3.89. The summed E-state index contributed by atoms with van der Waals surface area (Å²) in [6, 6.07) is 1.92. The summed E-state index contributed by atoms with van der Waals surface area (Å²) in [6.07, 6.45) is 0. The lowest BCUT2D eigenvalue weighted by atomic mass is 10.5. The van der Waals surface area contributed by atoms with Crippen LogP contribution in [0.25, 0.3) is 0 Å². The topological polar surface area (TPSA) is 30.5 Å². The van der Waals surface area contributed by atoms with Gasteiger partial charge < -0.3 is 4.74 Å². The first-order valence-corrected chi connectivity index (χ1v) is 5.15. The number of thiophene rings is 1. The standard InChI is InChI=1S/C8H12ClNO2S/c1-11-2-3-12-10-5-8-4-7(9)6-13-8/h4,6,10H,2-3,5H2,1H3. The molecule has 0 saturated carbocycles. The summed E-state index contributed by atoms with van der Waals surface area (Å²) in [5, 5.41) is 2.67. The van der Waals surface area contributed by atoms with Crippen molar-refractivity contribution in [3.05, 3.63) is 21.3 Å². The zero-order chi connectivity index (χ0) is 9.52. The highest BCUT2D eigenvalue weighted by Gasteiger charge is 1.96. The van der Waals surface area contributed by atoms with Gasteiger partial charge in [-0.25, -0.2) is 0 Å². The summed E-state index contributed by atoms with van der Waals surface area (Å²) in [4.78, 5) is 6.23. The number of methoxy groups -OCH3 is 1. The zero-order valence-corrected chi connectivity index (χ0v) is 8.95. The van der Waals surface area contributed by atoms with E-state index in [1.54, 1.807) is 18.4 Å². The Morgan fingerprint density at radius 2 is 2.38 bits per heavy atom. The van der Waals surface area contributed by atoms with Crippen molar-refractivity contribution in [1.29, 1.82) is 0 Å². The summed E-state index contributed by atoms with van der Waals surface area (Å²) in [5.41, 5.74) is 2.82. The Labute approximate surface area is 86.6 Å². The van der Waals surface area contributed by atoms with E-state index in [1.165, 1.54) is 0 Å². The van der Waals surface area contributed by atoms with Crippen LogP contribution in [0.15, 0.2) is 11.4 Å². The van der Waals surface area contributed by atoms with Gasteiger partial charge in [-0.1, -0.05) is 11.6 Å². The Bertz CT molecular complexity index is 242. The molecule has 0 aromatic carbocycles. The minimum absolute atomic E-state index is 0.551. The van der Waals surface area contributed by atoms with E-state index in [2.05, 4.69) is 5.48 Å². The zero-order valence-electron chi connectivity index (χ0n) is 7.38. The number of hydrogen-bond donors (Lipinski definition) is 1. The monoisotopic (exact) mass is 221 g/mol. The third-order valence-corrected chi connectivity index (χ3v) is 2.64. The third kappa shape index (κ3) is 4.59. The number of hydrogen-bond acceptors (Lipinski definition) is 4. The van der Waals surface area contributed by atoms with Crippen LogP contribution >= 0.6 is 22.9 Å². The Morgan fingerprint density at radius 1 is 1.54 bits per heavy atom. The molecular formula is C8H12ClNO2S. The number of ether oxygens (including phenoxy) is 1. The van der Waals surface area contributed by atoms with Gasteiger partial charge in [0.2, 0.25) is 0 Å². The van der Waals surface area contributed by atoms with Crippen molar-refractivity contribution < 1.29 is 9.57 Å². The minimum Gasteiger partial charge on any atom is -0.382 e. The molecule has 1 aromatic heterocycles. The highest BCUT2D eigenvalue weighted by molar-refractivity contribution is 7.10. The molecular weight excluding hydrogens is 210 g/mol. The average Bonchev–Trinajstić information content (AvgIpc) is 2.51. The molecule has 5 heteroatoms. The molecule has 74 valence electrons. The highest BCUT2D eigenvalue weighted by atomic mass is 35.5. The lowest BCUT2D eigenvalue weighted by Crippen LogP contribution is -2.16. The van der Waals surface area contributed by atoms with E-state index in [0.29, 0.717) is 19.8 Å². The van der Waals surface area contributed by atoms with Crippen LogP contribution in [0.3, 0.4) is 0 Å². The molecule has 0 fully saturated rings. The molecule has 0 saturated heterocycles. The van der Waals surface area contributed by atoms with Crippen LogP contribution < -0.4 is 5.48 Å². The van der Waals surface area contributed by atoms with Gasteiger partial charge in [-0.2, -0.15) is 5.48 Å². The molecule has 0 amide bonds. The van der Waals surface area contributed by atoms with Crippen molar-refractivity contribution in [2.75, 3.05) is 20.3 Å². The van der Waals surface area contributed by atoms with Crippen molar-refractivity contribution in [2.24, 2.45) is 0 Å². The highest BCUT2D eigenvalue weighted by Crippen LogP contribution is 2.18. The molecule has 0 atom stereocenters. The van der Waals surface area contributed by atoms with E-state index >= 15 is 0 Å². The van der Waals surface area contributed by atoms with Gasteiger partial charge in [0, 0.05) is 17.4 Å². The summed E-state index contributed by atoms with van der Waals surface area (Å²) in [6.45, 7) is 1.83. The molecule has 3 nitrogen and oxygen atoms in total. The van der Waals surface area contributed by atoms with E-state index in [-0.39, 0.29) is 0 Å². The van der Waals surface area contributed by atoms with Gasteiger partial charge in [0.15, 0.2) is 0 Å². The van der Waals surface area contributed by atoms with E-state index in [0.717, 1.165) is 9.90 Å². The molecule has 0 radical (unpaired) electrons. The number of rotatable bonds is 6. The first kappa shape index (κ1) is 10.9. The lowest BCUT2D eigenvalue weighted by Gasteiger charge is -2.02. The maximum atomic E-state index is 5.74. The Kier molecular flexibility index (Phi) is 5.34.